The number of rotatable bonds is 7. The average molecular weight is 359 g/mol. The minimum Gasteiger partial charge on any atom is -0.300 e. The molecule has 0 aromatic heterocycles. The maximum Gasteiger partial charge on any atom is 0.107 e. The van der Waals surface area contributed by atoms with Gasteiger partial charge in [-0.2, -0.15) is 5.26 Å². The lowest BCUT2D eigenvalue weighted by atomic mass is 9.72. The Morgan fingerprint density at radius 2 is 1.44 bits per heavy atom. The third-order valence-electron chi connectivity index (χ3n) is 6.80. The van der Waals surface area contributed by atoms with Gasteiger partial charge in [0.2, 0.25) is 0 Å². The van der Waals surface area contributed by atoms with Crippen LogP contribution >= 0.6 is 0 Å². The highest BCUT2D eigenvalue weighted by molar-refractivity contribution is 5.45. The first-order chi connectivity index (χ1) is 13.3. The Balaban J connectivity index is 1.45. The van der Waals surface area contributed by atoms with Gasteiger partial charge in [-0.05, 0) is 68.5 Å². The maximum atomic E-state index is 10.3. The van der Waals surface area contributed by atoms with E-state index in [0.717, 1.165) is 35.9 Å². The summed E-state index contributed by atoms with van der Waals surface area (Å²) in [6, 6.07) is 24.2. The SMILES string of the molecule is N#CC(CCCCN1CC2CCC1CC2)(c1ccccc1)c1ccccc1. The number of nitrogens with zero attached hydrogens (tertiary/aromatic N) is 2. The summed E-state index contributed by atoms with van der Waals surface area (Å²) in [4.78, 5) is 2.73. The molecule has 0 amide bonds. The highest BCUT2D eigenvalue weighted by atomic mass is 15.2. The number of nitriles is 1. The highest BCUT2D eigenvalue weighted by Gasteiger charge is 2.35. The molecule has 1 saturated carbocycles. The van der Waals surface area contributed by atoms with Gasteiger partial charge in [0.1, 0.15) is 5.41 Å². The highest BCUT2D eigenvalue weighted by Crippen LogP contribution is 2.38. The standard InChI is InChI=1S/C25H30N2/c26-20-25(22-9-3-1-4-10-22,23-11-5-2-6-12-23)17-7-8-18-27-19-21-13-15-24(27)16-14-21/h1-6,9-12,21,24H,7-8,13-19H2. The van der Waals surface area contributed by atoms with Crippen molar-refractivity contribution in [2.45, 2.75) is 56.4 Å². The molecule has 0 unspecified atom stereocenters. The number of piperidine rings is 2. The number of hydrogen-bond acceptors (Lipinski definition) is 2. The van der Waals surface area contributed by atoms with E-state index in [1.54, 1.807) is 0 Å². The summed E-state index contributed by atoms with van der Waals surface area (Å²) in [7, 11) is 0. The number of fused-ring (bicyclic) bond motifs is 3. The van der Waals surface area contributed by atoms with Gasteiger partial charge >= 0.3 is 0 Å². The Morgan fingerprint density at radius 3 is 1.93 bits per heavy atom. The summed E-state index contributed by atoms with van der Waals surface area (Å²) in [5.41, 5.74) is 1.70. The van der Waals surface area contributed by atoms with E-state index in [9.17, 15) is 5.26 Å². The van der Waals surface area contributed by atoms with Crippen molar-refractivity contribution >= 4 is 0 Å². The molecule has 2 heteroatoms. The Labute approximate surface area is 163 Å². The van der Waals surface area contributed by atoms with Gasteiger partial charge in [0.05, 0.1) is 6.07 Å². The van der Waals surface area contributed by atoms with Gasteiger partial charge in [0.25, 0.3) is 0 Å². The summed E-state index contributed by atoms with van der Waals surface area (Å²) < 4.78 is 0. The number of hydrogen-bond donors (Lipinski definition) is 0. The predicted octanol–water partition coefficient (Wildman–Crippen LogP) is 5.54. The van der Waals surface area contributed by atoms with Crippen molar-refractivity contribution in [2.24, 2.45) is 5.92 Å². The molecule has 0 radical (unpaired) electrons. The van der Waals surface area contributed by atoms with Crippen LogP contribution in [0.5, 0.6) is 0 Å². The monoisotopic (exact) mass is 358 g/mol. The van der Waals surface area contributed by atoms with Crippen LogP contribution in [0, 0.1) is 17.2 Å². The first-order valence-electron chi connectivity index (χ1n) is 10.6. The molecular formula is C25H30N2. The fourth-order valence-corrected chi connectivity index (χ4v) is 5.24. The van der Waals surface area contributed by atoms with Crippen LogP contribution in [0.4, 0.5) is 0 Å². The van der Waals surface area contributed by atoms with Crippen LogP contribution in [0.2, 0.25) is 0 Å². The predicted molar refractivity (Wildman–Crippen MR) is 110 cm³/mol. The second-order valence-corrected chi connectivity index (χ2v) is 8.38. The summed E-state index contributed by atoms with van der Waals surface area (Å²) in [5.74, 6) is 0.946. The van der Waals surface area contributed by atoms with Crippen molar-refractivity contribution < 1.29 is 0 Å². The summed E-state index contributed by atoms with van der Waals surface area (Å²) in [6.07, 6.45) is 8.86. The lowest BCUT2D eigenvalue weighted by molar-refractivity contribution is 0.0475. The molecule has 2 nitrogen and oxygen atoms in total. The first-order valence-corrected chi connectivity index (χ1v) is 10.6. The van der Waals surface area contributed by atoms with E-state index in [4.69, 9.17) is 0 Å². The quantitative estimate of drug-likeness (QED) is 0.608. The van der Waals surface area contributed by atoms with Gasteiger partial charge in [0, 0.05) is 12.6 Å². The van der Waals surface area contributed by atoms with Gasteiger partial charge < -0.3 is 4.90 Å². The molecule has 3 aliphatic rings. The molecule has 2 aromatic rings. The Hall–Kier alpha value is -2.11. The molecular weight excluding hydrogens is 328 g/mol. The van der Waals surface area contributed by atoms with Crippen LogP contribution < -0.4 is 0 Å². The van der Waals surface area contributed by atoms with Crippen LogP contribution in [0.15, 0.2) is 60.7 Å². The zero-order valence-electron chi connectivity index (χ0n) is 16.2. The van der Waals surface area contributed by atoms with Gasteiger partial charge in [-0.3, -0.25) is 0 Å². The molecule has 0 spiro atoms. The molecule has 0 atom stereocenters. The minimum atomic E-state index is -0.538. The molecule has 2 heterocycles. The molecule has 2 bridgehead atoms. The van der Waals surface area contributed by atoms with Crippen LogP contribution in [0.25, 0.3) is 0 Å². The lowest BCUT2D eigenvalue weighted by Crippen LogP contribution is -2.48. The van der Waals surface area contributed by atoms with Crippen molar-refractivity contribution in [3.8, 4) is 6.07 Å². The van der Waals surface area contributed by atoms with Gasteiger partial charge in [-0.15, -0.1) is 0 Å². The normalized spacial score (nSPS) is 22.5. The molecule has 2 aliphatic heterocycles. The maximum absolute atomic E-state index is 10.3. The first kappa shape index (κ1) is 18.3. The van der Waals surface area contributed by atoms with E-state index >= 15 is 0 Å². The molecule has 2 saturated heterocycles. The van der Waals surface area contributed by atoms with Crippen LogP contribution in [0.1, 0.15) is 56.1 Å². The van der Waals surface area contributed by atoms with Crippen LogP contribution in [-0.4, -0.2) is 24.0 Å². The third kappa shape index (κ3) is 3.80. The molecule has 5 rings (SSSR count). The fraction of sp³-hybridized carbons (Fsp3) is 0.480. The van der Waals surface area contributed by atoms with Gasteiger partial charge in [0.15, 0.2) is 0 Å². The summed E-state index contributed by atoms with van der Waals surface area (Å²) >= 11 is 0. The summed E-state index contributed by atoms with van der Waals surface area (Å²) in [6.45, 7) is 2.51. The number of unbranched alkanes of at least 4 members (excludes halogenated alkanes) is 1. The van der Waals surface area contributed by atoms with Crippen molar-refractivity contribution in [2.75, 3.05) is 13.1 Å². The van der Waals surface area contributed by atoms with Crippen molar-refractivity contribution in [1.29, 1.82) is 5.26 Å². The zero-order chi connectivity index (χ0) is 18.5. The van der Waals surface area contributed by atoms with Crippen LogP contribution in [0.3, 0.4) is 0 Å². The number of benzene rings is 2. The zero-order valence-corrected chi connectivity index (χ0v) is 16.2. The topological polar surface area (TPSA) is 27.0 Å². The van der Waals surface area contributed by atoms with E-state index in [2.05, 4.69) is 59.5 Å². The Kier molecular flexibility index (Phi) is 5.60. The van der Waals surface area contributed by atoms with Gasteiger partial charge in [-0.25, -0.2) is 0 Å². The third-order valence-corrected chi connectivity index (χ3v) is 6.80. The average Bonchev–Trinajstić information content (AvgIpc) is 2.76. The lowest BCUT2D eigenvalue weighted by Gasteiger charge is -2.45. The molecule has 140 valence electrons. The van der Waals surface area contributed by atoms with E-state index in [1.807, 2.05) is 12.1 Å². The Bertz CT molecular complexity index is 714. The molecule has 0 N–H and O–H groups in total. The largest absolute Gasteiger partial charge is 0.300 e. The van der Waals surface area contributed by atoms with E-state index in [-0.39, 0.29) is 0 Å². The second-order valence-electron chi connectivity index (χ2n) is 8.38. The smallest absolute Gasteiger partial charge is 0.107 e. The molecule has 1 aliphatic carbocycles. The molecule has 2 aromatic carbocycles. The fourth-order valence-electron chi connectivity index (χ4n) is 5.24. The van der Waals surface area contributed by atoms with E-state index in [1.165, 1.54) is 45.2 Å². The van der Waals surface area contributed by atoms with Crippen molar-refractivity contribution in [1.82, 2.24) is 4.90 Å². The minimum absolute atomic E-state index is 0.538. The van der Waals surface area contributed by atoms with E-state index < -0.39 is 5.41 Å². The van der Waals surface area contributed by atoms with Crippen molar-refractivity contribution in [3.63, 3.8) is 0 Å². The van der Waals surface area contributed by atoms with Crippen molar-refractivity contribution in [3.05, 3.63) is 71.8 Å². The molecule has 3 fully saturated rings. The molecule has 27 heavy (non-hydrogen) atoms. The van der Waals surface area contributed by atoms with E-state index in [0.29, 0.717) is 0 Å². The van der Waals surface area contributed by atoms with Crippen LogP contribution in [-0.2, 0) is 5.41 Å². The Morgan fingerprint density at radius 1 is 0.852 bits per heavy atom. The summed E-state index contributed by atoms with van der Waals surface area (Å²) in [5, 5.41) is 10.3. The second kappa shape index (κ2) is 8.28. The van der Waals surface area contributed by atoms with Gasteiger partial charge in [-0.1, -0.05) is 60.7 Å².